The van der Waals surface area contributed by atoms with E-state index in [0.29, 0.717) is 5.54 Å². The van der Waals surface area contributed by atoms with Crippen LogP contribution in [0.15, 0.2) is 12.3 Å². The lowest BCUT2D eigenvalue weighted by atomic mass is 9.96. The molecule has 2 aliphatic rings. The molecule has 1 N–H and O–H groups in total. The summed E-state index contributed by atoms with van der Waals surface area (Å²) in [6, 6.07) is 0. The van der Waals surface area contributed by atoms with Crippen molar-refractivity contribution in [3.63, 3.8) is 0 Å². The van der Waals surface area contributed by atoms with Crippen molar-refractivity contribution in [2.75, 3.05) is 0 Å². The second-order valence-corrected chi connectivity index (χ2v) is 3.24. The van der Waals surface area contributed by atoms with Crippen molar-refractivity contribution >= 4 is 0 Å². The zero-order valence-electron chi connectivity index (χ0n) is 5.69. The van der Waals surface area contributed by atoms with Crippen LogP contribution in [-0.4, -0.2) is 5.54 Å². The first-order valence-corrected chi connectivity index (χ1v) is 3.84. The predicted octanol–water partition coefficient (Wildman–Crippen LogP) is 1.81. The average Bonchev–Trinajstić information content (AvgIpc) is 2.45. The van der Waals surface area contributed by atoms with E-state index in [9.17, 15) is 0 Å². The van der Waals surface area contributed by atoms with Gasteiger partial charge in [0.05, 0.1) is 0 Å². The number of hydrogen-bond donors (Lipinski definition) is 1. The molecule has 1 fully saturated rings. The van der Waals surface area contributed by atoms with Gasteiger partial charge in [-0.1, -0.05) is 18.9 Å². The third-order valence-corrected chi connectivity index (χ3v) is 2.58. The Morgan fingerprint density at radius 2 is 2.00 bits per heavy atom. The second-order valence-electron chi connectivity index (χ2n) is 3.24. The first-order chi connectivity index (χ1) is 4.41. The van der Waals surface area contributed by atoms with Crippen molar-refractivity contribution < 1.29 is 0 Å². The molecule has 1 heteroatoms. The van der Waals surface area contributed by atoms with E-state index in [4.69, 9.17) is 0 Å². The Morgan fingerprint density at radius 3 is 2.56 bits per heavy atom. The maximum Gasteiger partial charge on any atom is 0.0403 e. The van der Waals surface area contributed by atoms with Gasteiger partial charge in [0.25, 0.3) is 0 Å². The van der Waals surface area contributed by atoms with Crippen LogP contribution in [-0.2, 0) is 0 Å². The van der Waals surface area contributed by atoms with Gasteiger partial charge in [-0.05, 0) is 25.5 Å². The van der Waals surface area contributed by atoms with Gasteiger partial charge in [0.2, 0.25) is 0 Å². The van der Waals surface area contributed by atoms with Gasteiger partial charge in [-0.2, -0.15) is 0 Å². The van der Waals surface area contributed by atoms with Crippen LogP contribution in [0.4, 0.5) is 0 Å². The smallest absolute Gasteiger partial charge is 0.0403 e. The van der Waals surface area contributed by atoms with Crippen molar-refractivity contribution in [2.24, 2.45) is 0 Å². The Bertz CT molecular complexity index is 122. The van der Waals surface area contributed by atoms with E-state index in [2.05, 4.69) is 17.6 Å². The topological polar surface area (TPSA) is 12.0 Å². The highest BCUT2D eigenvalue weighted by Crippen LogP contribution is 2.34. The highest BCUT2D eigenvalue weighted by atomic mass is 15.0. The van der Waals surface area contributed by atoms with Crippen LogP contribution in [0.5, 0.6) is 0 Å². The highest BCUT2D eigenvalue weighted by molar-refractivity contribution is 5.07. The van der Waals surface area contributed by atoms with Crippen molar-refractivity contribution in [3.8, 4) is 0 Å². The van der Waals surface area contributed by atoms with E-state index < -0.39 is 0 Å². The summed E-state index contributed by atoms with van der Waals surface area (Å²) in [5.41, 5.74) is 0.528. The monoisotopic (exact) mass is 123 g/mol. The van der Waals surface area contributed by atoms with Crippen LogP contribution in [0.3, 0.4) is 0 Å². The minimum absolute atomic E-state index is 0.528. The van der Waals surface area contributed by atoms with Crippen LogP contribution in [0.2, 0.25) is 0 Å². The molecule has 0 aromatic heterocycles. The standard InChI is InChI=1S/C8H13N/c1-2-5-8(4-1)6-3-7-9-8/h3,7,9H,1-2,4-6H2. The van der Waals surface area contributed by atoms with E-state index in [1.54, 1.807) is 0 Å². The summed E-state index contributed by atoms with van der Waals surface area (Å²) in [6.45, 7) is 0. The minimum atomic E-state index is 0.528. The highest BCUT2D eigenvalue weighted by Gasteiger charge is 2.33. The Balaban J connectivity index is 2.07. The molecule has 0 atom stereocenters. The molecule has 0 amide bonds. The average molecular weight is 123 g/mol. The summed E-state index contributed by atoms with van der Waals surface area (Å²) in [5.74, 6) is 0. The van der Waals surface area contributed by atoms with Crippen molar-refractivity contribution in [3.05, 3.63) is 12.3 Å². The molecule has 0 radical (unpaired) electrons. The van der Waals surface area contributed by atoms with Crippen molar-refractivity contribution in [1.29, 1.82) is 0 Å². The molecule has 1 aliphatic heterocycles. The van der Waals surface area contributed by atoms with Gasteiger partial charge in [-0.3, -0.25) is 0 Å². The normalized spacial score (nSPS) is 29.3. The summed E-state index contributed by atoms with van der Waals surface area (Å²) in [7, 11) is 0. The summed E-state index contributed by atoms with van der Waals surface area (Å²) in [5, 5.41) is 3.45. The van der Waals surface area contributed by atoms with Crippen LogP contribution in [0.25, 0.3) is 0 Å². The van der Waals surface area contributed by atoms with Crippen LogP contribution in [0, 0.1) is 0 Å². The lowest BCUT2D eigenvalue weighted by Crippen LogP contribution is -2.34. The lowest BCUT2D eigenvalue weighted by Gasteiger charge is -2.23. The van der Waals surface area contributed by atoms with Gasteiger partial charge in [0.15, 0.2) is 0 Å². The molecule has 0 bridgehead atoms. The molecule has 9 heavy (non-hydrogen) atoms. The van der Waals surface area contributed by atoms with Gasteiger partial charge >= 0.3 is 0 Å². The molecule has 0 saturated heterocycles. The number of hydrogen-bond acceptors (Lipinski definition) is 1. The second kappa shape index (κ2) is 1.76. The van der Waals surface area contributed by atoms with Crippen molar-refractivity contribution in [2.45, 2.75) is 37.6 Å². The predicted molar refractivity (Wildman–Crippen MR) is 38.1 cm³/mol. The molecule has 0 unspecified atom stereocenters. The Hall–Kier alpha value is -0.460. The third-order valence-electron chi connectivity index (χ3n) is 2.58. The summed E-state index contributed by atoms with van der Waals surface area (Å²) in [4.78, 5) is 0. The van der Waals surface area contributed by atoms with E-state index in [1.807, 2.05) is 0 Å². The SMILES string of the molecule is C1=CNC2(C1)CCCC2. The molecule has 50 valence electrons. The first kappa shape index (κ1) is 5.33. The molecule has 1 heterocycles. The fourth-order valence-corrected chi connectivity index (χ4v) is 1.98. The van der Waals surface area contributed by atoms with Gasteiger partial charge in [-0.25, -0.2) is 0 Å². The van der Waals surface area contributed by atoms with Crippen LogP contribution in [0.1, 0.15) is 32.1 Å². The molecule has 1 spiro atoms. The lowest BCUT2D eigenvalue weighted by molar-refractivity contribution is 0.402. The van der Waals surface area contributed by atoms with Crippen molar-refractivity contribution in [1.82, 2.24) is 5.32 Å². The fraction of sp³-hybridized carbons (Fsp3) is 0.750. The Morgan fingerprint density at radius 1 is 1.22 bits per heavy atom. The van der Waals surface area contributed by atoms with Gasteiger partial charge < -0.3 is 5.32 Å². The molecule has 1 saturated carbocycles. The van der Waals surface area contributed by atoms with Gasteiger partial charge in [0.1, 0.15) is 0 Å². The van der Waals surface area contributed by atoms with Gasteiger partial charge in [-0.15, -0.1) is 0 Å². The third kappa shape index (κ3) is 0.752. The molecular formula is C8H13N. The largest absolute Gasteiger partial charge is 0.385 e. The number of nitrogens with one attached hydrogen (secondary N) is 1. The zero-order valence-corrected chi connectivity index (χ0v) is 5.69. The minimum Gasteiger partial charge on any atom is -0.385 e. The number of rotatable bonds is 0. The molecular weight excluding hydrogens is 110 g/mol. The van der Waals surface area contributed by atoms with E-state index in [-0.39, 0.29) is 0 Å². The Labute approximate surface area is 56.1 Å². The first-order valence-electron chi connectivity index (χ1n) is 3.84. The van der Waals surface area contributed by atoms with Gasteiger partial charge in [0, 0.05) is 5.54 Å². The maximum atomic E-state index is 3.45. The summed E-state index contributed by atoms with van der Waals surface area (Å²) < 4.78 is 0. The quantitative estimate of drug-likeness (QED) is 0.518. The molecule has 2 rings (SSSR count). The van der Waals surface area contributed by atoms with E-state index in [0.717, 1.165) is 0 Å². The van der Waals surface area contributed by atoms with Crippen LogP contribution < -0.4 is 5.32 Å². The zero-order chi connectivity index (χ0) is 6.16. The summed E-state index contributed by atoms with van der Waals surface area (Å²) >= 11 is 0. The van der Waals surface area contributed by atoms with E-state index in [1.165, 1.54) is 32.1 Å². The molecule has 1 aliphatic carbocycles. The molecule has 0 aromatic carbocycles. The maximum absolute atomic E-state index is 3.45. The fourth-order valence-electron chi connectivity index (χ4n) is 1.98. The summed E-state index contributed by atoms with van der Waals surface area (Å²) in [6.07, 6.45) is 11.3. The van der Waals surface area contributed by atoms with Crippen LogP contribution >= 0.6 is 0 Å². The van der Waals surface area contributed by atoms with E-state index >= 15 is 0 Å². The molecule has 1 nitrogen and oxygen atoms in total. The molecule has 0 aromatic rings. The Kier molecular flexibility index (Phi) is 1.04.